The third kappa shape index (κ3) is 2.99. The van der Waals surface area contributed by atoms with Crippen LogP contribution in [-0.2, 0) is 22.0 Å². The minimum absolute atomic E-state index is 0.443. The van der Waals surface area contributed by atoms with Crippen LogP contribution in [0.2, 0.25) is 0 Å². The lowest BCUT2D eigenvalue weighted by Gasteiger charge is -2.50. The summed E-state index contributed by atoms with van der Waals surface area (Å²) in [7, 11) is 0. The number of carbonyl (C=O) groups is 2. The first kappa shape index (κ1) is 17.7. The molecule has 132 valence electrons. The fourth-order valence-electron chi connectivity index (χ4n) is 4.79. The van der Waals surface area contributed by atoms with Gasteiger partial charge in [0.1, 0.15) is 6.04 Å². The molecule has 1 heterocycles. The normalized spacial score (nSPS) is 25.3. The number of hydrogen-bond acceptors (Lipinski definition) is 4. The molecule has 1 aromatic rings. The number of rotatable bonds is 3. The molecule has 25 heavy (non-hydrogen) atoms. The van der Waals surface area contributed by atoms with Gasteiger partial charge in [-0.3, -0.25) is 9.59 Å². The quantitative estimate of drug-likeness (QED) is 0.871. The second-order valence-electron chi connectivity index (χ2n) is 7.01. The molecule has 5 nitrogen and oxygen atoms in total. The lowest BCUT2D eigenvalue weighted by molar-refractivity contribution is -0.133. The van der Waals surface area contributed by atoms with Gasteiger partial charge in [0.25, 0.3) is 5.91 Å². The molecule has 2 unspecified atom stereocenters. The van der Waals surface area contributed by atoms with Crippen LogP contribution in [0.15, 0.2) is 40.4 Å². The predicted molar refractivity (Wildman–Crippen MR) is 99.0 cm³/mol. The van der Waals surface area contributed by atoms with E-state index in [1.165, 1.54) is 0 Å². The maximum absolute atomic E-state index is 12.5. The van der Waals surface area contributed by atoms with E-state index in [-0.39, 0.29) is 0 Å². The zero-order chi connectivity index (χ0) is 18.0. The number of primary amides is 1. The largest absolute Gasteiger partial charge is 0.376 e. The van der Waals surface area contributed by atoms with Crippen LogP contribution in [0.25, 0.3) is 5.57 Å². The molecule has 0 radical (unpaired) electrons. The summed E-state index contributed by atoms with van der Waals surface area (Å²) in [6.45, 7) is 1.96. The summed E-state index contributed by atoms with van der Waals surface area (Å²) in [5.74, 6) is -1.60. The van der Waals surface area contributed by atoms with Crippen LogP contribution in [0.1, 0.15) is 44.6 Å². The first-order valence-corrected chi connectivity index (χ1v) is 9.07. The molecule has 0 saturated heterocycles. The summed E-state index contributed by atoms with van der Waals surface area (Å²) in [6, 6.07) is 9.27. The highest BCUT2D eigenvalue weighted by atomic mass is 32.1. The molecule has 1 aliphatic heterocycles. The Balaban J connectivity index is 2.22. The number of amides is 2. The van der Waals surface area contributed by atoms with E-state index in [2.05, 4.69) is 34.2 Å². The fourth-order valence-corrected chi connectivity index (χ4v) is 4.90. The second kappa shape index (κ2) is 7.04. The van der Waals surface area contributed by atoms with Crippen molar-refractivity contribution in [1.29, 1.82) is 0 Å². The van der Waals surface area contributed by atoms with Crippen molar-refractivity contribution in [3.63, 3.8) is 0 Å². The Morgan fingerprint density at radius 3 is 2.40 bits per heavy atom. The van der Waals surface area contributed by atoms with E-state index in [4.69, 9.17) is 5.73 Å². The Kier molecular flexibility index (Phi) is 4.99. The molecule has 2 atom stereocenters. The predicted octanol–water partition coefficient (Wildman–Crippen LogP) is 2.70. The monoisotopic (exact) mass is 357 g/mol. The summed E-state index contributed by atoms with van der Waals surface area (Å²) in [6.07, 6.45) is 4.83. The highest BCUT2D eigenvalue weighted by Gasteiger charge is 2.54. The smallest absolute Gasteiger partial charge is 0.280 e. The van der Waals surface area contributed by atoms with Gasteiger partial charge in [-0.15, -0.1) is 4.36 Å². The molecule has 3 rings (SSSR count). The first-order chi connectivity index (χ1) is 12.0. The van der Waals surface area contributed by atoms with Crippen LogP contribution in [-0.4, -0.2) is 17.9 Å². The van der Waals surface area contributed by atoms with Crippen molar-refractivity contribution >= 4 is 29.8 Å². The van der Waals surface area contributed by atoms with E-state index in [0.29, 0.717) is 0 Å². The van der Waals surface area contributed by atoms with Gasteiger partial charge < -0.3 is 11.1 Å². The summed E-state index contributed by atoms with van der Waals surface area (Å²) in [4.78, 5) is 24.8. The Labute approximate surface area is 153 Å². The topological polar surface area (TPSA) is 84.6 Å². The summed E-state index contributed by atoms with van der Waals surface area (Å²) in [5.41, 5.74) is 8.45. The first-order valence-electron chi connectivity index (χ1n) is 8.71. The van der Waals surface area contributed by atoms with E-state index in [9.17, 15) is 9.59 Å². The van der Waals surface area contributed by atoms with Gasteiger partial charge in [-0.1, -0.05) is 49.6 Å². The van der Waals surface area contributed by atoms with Crippen molar-refractivity contribution in [2.45, 2.75) is 45.1 Å². The molecule has 1 spiro atoms. The number of hydrogen-bond donors (Lipinski definition) is 2. The minimum Gasteiger partial charge on any atom is -0.376 e. The SMILES string of the molecule is CC1=C(c2ccccc2)C2(CCCCC2)C(C(N)=O)C(C(=O)N=S)N1. The van der Waals surface area contributed by atoms with E-state index in [0.717, 1.165) is 48.9 Å². The van der Waals surface area contributed by atoms with Crippen LogP contribution in [0.3, 0.4) is 0 Å². The third-order valence-corrected chi connectivity index (χ3v) is 5.82. The van der Waals surface area contributed by atoms with Crippen molar-refractivity contribution in [1.82, 2.24) is 5.32 Å². The zero-order valence-corrected chi connectivity index (χ0v) is 15.1. The molecule has 0 aromatic heterocycles. The Morgan fingerprint density at radius 2 is 1.84 bits per heavy atom. The molecule has 0 bridgehead atoms. The van der Waals surface area contributed by atoms with Gasteiger partial charge >= 0.3 is 0 Å². The molecule has 1 saturated carbocycles. The van der Waals surface area contributed by atoms with Crippen LogP contribution >= 0.6 is 0 Å². The number of carbonyl (C=O) groups excluding carboxylic acids is 2. The minimum atomic E-state index is -0.777. The number of nitrogens with zero attached hydrogens (tertiary/aromatic N) is 1. The molecule has 6 heteroatoms. The molecular weight excluding hydrogens is 334 g/mol. The number of nitrogens with one attached hydrogen (secondary N) is 1. The Morgan fingerprint density at radius 1 is 1.20 bits per heavy atom. The summed E-state index contributed by atoms with van der Waals surface area (Å²) in [5, 5.41) is 3.19. The highest BCUT2D eigenvalue weighted by molar-refractivity contribution is 7.47. The van der Waals surface area contributed by atoms with Gasteiger partial charge in [-0.25, -0.2) is 0 Å². The fraction of sp³-hybridized carbons (Fsp3) is 0.474. The maximum atomic E-state index is 12.5. The molecule has 1 aromatic carbocycles. The highest BCUT2D eigenvalue weighted by Crippen LogP contribution is 2.55. The van der Waals surface area contributed by atoms with Gasteiger partial charge in [-0.05, 0) is 30.9 Å². The standard InChI is InChI=1S/C19H23N3O2S/c1-12-14(13-8-4-2-5-9-13)19(10-6-3-7-11-19)15(17(20)23)16(21-12)18(24)22-25/h2,4-5,8-9,15-16,21H,3,6-7,10-11H2,1H3,(H2,20,23). The summed E-state index contributed by atoms with van der Waals surface area (Å²) >= 11 is 4.61. The van der Waals surface area contributed by atoms with Gasteiger partial charge in [0.05, 0.1) is 5.92 Å². The van der Waals surface area contributed by atoms with Crippen LogP contribution < -0.4 is 11.1 Å². The van der Waals surface area contributed by atoms with Crippen LogP contribution in [0, 0.1) is 11.3 Å². The zero-order valence-electron chi connectivity index (χ0n) is 14.3. The number of nitrogens with two attached hydrogens (primary N) is 1. The molecule has 2 amide bonds. The molecule has 2 aliphatic rings. The molecule has 1 aliphatic carbocycles. The van der Waals surface area contributed by atoms with Crippen molar-refractivity contribution in [3.05, 3.63) is 41.6 Å². The van der Waals surface area contributed by atoms with Crippen LogP contribution in [0.4, 0.5) is 0 Å². The molecule has 1 fully saturated rings. The lowest BCUT2D eigenvalue weighted by Crippen LogP contribution is -2.58. The third-order valence-electron chi connectivity index (χ3n) is 5.64. The van der Waals surface area contributed by atoms with Gasteiger partial charge in [0, 0.05) is 23.5 Å². The Bertz CT molecular complexity index is 723. The van der Waals surface area contributed by atoms with Crippen LogP contribution in [0.5, 0.6) is 0 Å². The van der Waals surface area contributed by atoms with Crippen molar-refractivity contribution in [2.75, 3.05) is 0 Å². The number of allylic oxidation sites excluding steroid dienone is 2. The van der Waals surface area contributed by atoms with E-state index in [1.807, 2.05) is 25.1 Å². The maximum Gasteiger partial charge on any atom is 0.280 e. The van der Waals surface area contributed by atoms with Gasteiger partial charge in [-0.2, -0.15) is 0 Å². The van der Waals surface area contributed by atoms with E-state index < -0.39 is 29.2 Å². The lowest BCUT2D eigenvalue weighted by atomic mass is 9.56. The van der Waals surface area contributed by atoms with Crippen molar-refractivity contribution in [2.24, 2.45) is 21.4 Å². The van der Waals surface area contributed by atoms with E-state index >= 15 is 0 Å². The van der Waals surface area contributed by atoms with Gasteiger partial charge in [0.15, 0.2) is 0 Å². The molecular formula is C19H23N3O2S. The average molecular weight is 357 g/mol. The molecule has 3 N–H and O–H groups in total. The van der Waals surface area contributed by atoms with Crippen molar-refractivity contribution in [3.8, 4) is 0 Å². The second-order valence-corrected chi connectivity index (χ2v) is 7.20. The Hall–Kier alpha value is -2.08. The number of benzene rings is 1. The summed E-state index contributed by atoms with van der Waals surface area (Å²) < 4.78 is 3.41. The van der Waals surface area contributed by atoms with Gasteiger partial charge in [0.2, 0.25) is 5.91 Å². The average Bonchev–Trinajstić information content (AvgIpc) is 2.61. The van der Waals surface area contributed by atoms with Crippen molar-refractivity contribution < 1.29 is 9.59 Å². The van der Waals surface area contributed by atoms with E-state index in [1.54, 1.807) is 0 Å².